The number of epoxide rings is 1. The molecule has 1 aliphatic heterocycles. The van der Waals surface area contributed by atoms with Crippen LogP contribution in [0.5, 0.6) is 5.75 Å². The van der Waals surface area contributed by atoms with Crippen molar-refractivity contribution in [2.24, 2.45) is 0 Å². The molecule has 1 aromatic rings. The van der Waals surface area contributed by atoms with Gasteiger partial charge in [0, 0.05) is 6.92 Å². The number of ether oxygens (including phenoxy) is 2. The Kier molecular flexibility index (Phi) is 2.87. The lowest BCUT2D eigenvalue weighted by Crippen LogP contribution is -2.26. The topological polar surface area (TPSA) is 50.9 Å². The zero-order chi connectivity index (χ0) is 10.7. The maximum absolute atomic E-state index is 10.6. The second-order valence-electron chi connectivity index (χ2n) is 3.41. The molecule has 1 aromatic carbocycles. The normalized spacial score (nSPS) is 23.3. The highest BCUT2D eigenvalue weighted by atomic mass is 16.8. The SMILES string of the molecule is CC(=O)NCC1OC1Oc1ccccc1. The number of para-hydroxylation sites is 1. The van der Waals surface area contributed by atoms with Crippen molar-refractivity contribution < 1.29 is 14.3 Å². The third kappa shape index (κ3) is 2.95. The highest BCUT2D eigenvalue weighted by molar-refractivity contribution is 5.72. The monoisotopic (exact) mass is 207 g/mol. The van der Waals surface area contributed by atoms with Crippen molar-refractivity contribution in [3.05, 3.63) is 30.3 Å². The molecule has 0 radical (unpaired) electrons. The highest BCUT2D eigenvalue weighted by Gasteiger charge is 2.41. The smallest absolute Gasteiger partial charge is 0.228 e. The van der Waals surface area contributed by atoms with E-state index in [1.165, 1.54) is 6.92 Å². The lowest BCUT2D eigenvalue weighted by molar-refractivity contribution is -0.119. The Morgan fingerprint density at radius 2 is 2.20 bits per heavy atom. The molecule has 2 unspecified atom stereocenters. The van der Waals surface area contributed by atoms with E-state index in [0.717, 1.165) is 5.75 Å². The van der Waals surface area contributed by atoms with Gasteiger partial charge in [-0.1, -0.05) is 18.2 Å². The number of hydrogen-bond acceptors (Lipinski definition) is 3. The Balaban J connectivity index is 1.73. The molecule has 2 rings (SSSR count). The fourth-order valence-electron chi connectivity index (χ4n) is 1.25. The second kappa shape index (κ2) is 4.31. The zero-order valence-corrected chi connectivity index (χ0v) is 8.47. The second-order valence-corrected chi connectivity index (χ2v) is 3.41. The van der Waals surface area contributed by atoms with Crippen LogP contribution in [0.25, 0.3) is 0 Å². The average molecular weight is 207 g/mol. The van der Waals surface area contributed by atoms with Crippen LogP contribution in [-0.4, -0.2) is 24.8 Å². The quantitative estimate of drug-likeness (QED) is 0.747. The first kappa shape index (κ1) is 9.98. The van der Waals surface area contributed by atoms with Gasteiger partial charge >= 0.3 is 0 Å². The number of carbonyl (C=O) groups is 1. The van der Waals surface area contributed by atoms with E-state index in [4.69, 9.17) is 9.47 Å². The van der Waals surface area contributed by atoms with Gasteiger partial charge in [0.1, 0.15) is 11.9 Å². The van der Waals surface area contributed by atoms with E-state index in [1.54, 1.807) is 0 Å². The highest BCUT2D eigenvalue weighted by Crippen LogP contribution is 2.25. The molecule has 1 fully saturated rings. The van der Waals surface area contributed by atoms with Gasteiger partial charge in [0.25, 0.3) is 0 Å². The molecule has 0 aliphatic carbocycles. The van der Waals surface area contributed by atoms with Gasteiger partial charge in [-0.05, 0) is 12.1 Å². The van der Waals surface area contributed by atoms with Crippen molar-refractivity contribution in [2.45, 2.75) is 19.3 Å². The van der Waals surface area contributed by atoms with Crippen LogP contribution in [0.1, 0.15) is 6.92 Å². The lowest BCUT2D eigenvalue weighted by atomic mass is 10.3. The molecule has 2 atom stereocenters. The summed E-state index contributed by atoms with van der Waals surface area (Å²) in [5.74, 6) is 0.733. The van der Waals surface area contributed by atoms with Crippen molar-refractivity contribution in [3.8, 4) is 5.75 Å². The van der Waals surface area contributed by atoms with E-state index in [1.807, 2.05) is 30.3 Å². The molecule has 0 aromatic heterocycles. The summed E-state index contributed by atoms with van der Waals surface area (Å²) in [6.07, 6.45) is -0.242. The number of carbonyl (C=O) groups excluding carboxylic acids is 1. The van der Waals surface area contributed by atoms with Crippen molar-refractivity contribution in [1.82, 2.24) is 5.32 Å². The van der Waals surface area contributed by atoms with Crippen LogP contribution in [0, 0.1) is 0 Å². The lowest BCUT2D eigenvalue weighted by Gasteiger charge is -2.01. The predicted molar refractivity (Wildman–Crippen MR) is 54.4 cm³/mol. The first-order valence-corrected chi connectivity index (χ1v) is 4.87. The standard InChI is InChI=1S/C11H13NO3/c1-8(13)12-7-10-11(15-10)14-9-5-3-2-4-6-9/h2-6,10-11H,7H2,1H3,(H,12,13). The Hall–Kier alpha value is -1.55. The van der Waals surface area contributed by atoms with E-state index in [-0.39, 0.29) is 18.3 Å². The van der Waals surface area contributed by atoms with Gasteiger partial charge < -0.3 is 14.8 Å². The number of hydrogen-bond donors (Lipinski definition) is 1. The molecule has 80 valence electrons. The molecule has 4 heteroatoms. The summed E-state index contributed by atoms with van der Waals surface area (Å²) in [6.45, 7) is 1.99. The minimum absolute atomic E-state index is 0.0193. The first-order valence-electron chi connectivity index (χ1n) is 4.87. The summed E-state index contributed by atoms with van der Waals surface area (Å²) in [4.78, 5) is 10.6. The molecule has 15 heavy (non-hydrogen) atoms. The van der Waals surface area contributed by atoms with Crippen molar-refractivity contribution in [3.63, 3.8) is 0 Å². The third-order valence-corrected chi connectivity index (χ3v) is 2.08. The van der Waals surface area contributed by atoms with Gasteiger partial charge in [-0.25, -0.2) is 0 Å². The molecule has 4 nitrogen and oxygen atoms in total. The summed E-state index contributed by atoms with van der Waals surface area (Å²) < 4.78 is 10.7. The summed E-state index contributed by atoms with van der Waals surface area (Å²) in [7, 11) is 0. The molecule has 1 amide bonds. The number of nitrogens with one attached hydrogen (secondary N) is 1. The Bertz CT molecular complexity index is 339. The van der Waals surface area contributed by atoms with Crippen LogP contribution >= 0.6 is 0 Å². The minimum atomic E-state index is -0.223. The van der Waals surface area contributed by atoms with Crippen molar-refractivity contribution >= 4 is 5.91 Å². The van der Waals surface area contributed by atoms with Crippen LogP contribution in [0.15, 0.2) is 30.3 Å². The van der Waals surface area contributed by atoms with E-state index >= 15 is 0 Å². The van der Waals surface area contributed by atoms with Crippen LogP contribution in [-0.2, 0) is 9.53 Å². The van der Waals surface area contributed by atoms with E-state index in [2.05, 4.69) is 5.32 Å². The predicted octanol–water partition coefficient (Wildman–Crippen LogP) is 0.926. The molecule has 0 bridgehead atoms. The summed E-state index contributed by atoms with van der Waals surface area (Å²) in [5.41, 5.74) is 0. The van der Waals surface area contributed by atoms with Gasteiger partial charge in [0.15, 0.2) is 0 Å². The van der Waals surface area contributed by atoms with E-state index < -0.39 is 0 Å². The largest absolute Gasteiger partial charge is 0.462 e. The van der Waals surface area contributed by atoms with Crippen LogP contribution in [0.2, 0.25) is 0 Å². The van der Waals surface area contributed by atoms with Gasteiger partial charge in [0.2, 0.25) is 12.2 Å². The van der Waals surface area contributed by atoms with Crippen LogP contribution < -0.4 is 10.1 Å². The Morgan fingerprint density at radius 3 is 2.87 bits per heavy atom. The number of benzene rings is 1. The van der Waals surface area contributed by atoms with Gasteiger partial charge in [-0.15, -0.1) is 0 Å². The molecule has 1 aliphatic rings. The van der Waals surface area contributed by atoms with Crippen LogP contribution in [0.3, 0.4) is 0 Å². The maximum Gasteiger partial charge on any atom is 0.228 e. The van der Waals surface area contributed by atoms with Gasteiger partial charge in [0.05, 0.1) is 6.54 Å². The molecule has 1 heterocycles. The Morgan fingerprint density at radius 1 is 1.47 bits per heavy atom. The first-order chi connectivity index (χ1) is 7.25. The van der Waals surface area contributed by atoms with E-state index in [0.29, 0.717) is 6.54 Å². The van der Waals surface area contributed by atoms with Gasteiger partial charge in [-0.2, -0.15) is 0 Å². The summed E-state index contributed by atoms with van der Waals surface area (Å²) in [5, 5.41) is 2.68. The maximum atomic E-state index is 10.6. The fourth-order valence-corrected chi connectivity index (χ4v) is 1.25. The summed E-state index contributed by atoms with van der Waals surface area (Å²) >= 11 is 0. The molecule has 1 saturated heterocycles. The number of rotatable bonds is 4. The third-order valence-electron chi connectivity index (χ3n) is 2.08. The summed E-state index contributed by atoms with van der Waals surface area (Å²) in [6, 6.07) is 9.48. The van der Waals surface area contributed by atoms with Gasteiger partial charge in [-0.3, -0.25) is 4.79 Å². The Labute approximate surface area is 88.2 Å². The van der Waals surface area contributed by atoms with Crippen molar-refractivity contribution in [2.75, 3.05) is 6.54 Å². The molecule has 1 N–H and O–H groups in total. The average Bonchev–Trinajstić information content (AvgIpc) is 2.95. The molecule has 0 saturated carbocycles. The van der Waals surface area contributed by atoms with Crippen LogP contribution in [0.4, 0.5) is 0 Å². The minimum Gasteiger partial charge on any atom is -0.462 e. The van der Waals surface area contributed by atoms with E-state index in [9.17, 15) is 4.79 Å². The van der Waals surface area contributed by atoms with Crippen molar-refractivity contribution in [1.29, 1.82) is 0 Å². The fraction of sp³-hybridized carbons (Fsp3) is 0.364. The zero-order valence-electron chi connectivity index (χ0n) is 8.47. The molecular weight excluding hydrogens is 194 g/mol. The molecular formula is C11H13NO3. The molecule has 0 spiro atoms. The number of amides is 1.